The van der Waals surface area contributed by atoms with Gasteiger partial charge in [-0.05, 0) is 172 Å². The summed E-state index contributed by atoms with van der Waals surface area (Å²) in [5, 5.41) is 5.06. The van der Waals surface area contributed by atoms with Crippen LogP contribution >= 0.6 is 0 Å². The van der Waals surface area contributed by atoms with Gasteiger partial charge in [-0.15, -0.1) is 0 Å². The fraction of sp³-hybridized carbons (Fsp3) is 0.0278. The number of para-hydroxylation sites is 4. The molecule has 0 saturated carbocycles. The maximum absolute atomic E-state index is 2.56. The highest BCUT2D eigenvalue weighted by molar-refractivity contribution is 6.22. The number of hydrogen-bond acceptors (Lipinski definition) is 2. The van der Waals surface area contributed by atoms with Gasteiger partial charge in [0.1, 0.15) is 0 Å². The first kappa shape index (κ1) is 41.2. The number of benzene rings is 12. The van der Waals surface area contributed by atoms with Crippen molar-refractivity contribution in [2.75, 3.05) is 9.80 Å². The van der Waals surface area contributed by atoms with E-state index >= 15 is 0 Å². The SMILES string of the molecule is c1ccc(N(c2ccccc2)c2ccc3c(c2)C2(C4=C3C3(c5cc(N(c6ccccc6)c6ccccc6)ccc54)c4ccccc4-c4c3ccc3ccccc43)c3ccccc3-c3c2ccc2ccccc32)cc1. The number of allylic oxidation sites excluding steroid dienone is 2. The van der Waals surface area contributed by atoms with Crippen molar-refractivity contribution in [3.05, 3.63) is 324 Å². The molecule has 16 rings (SSSR count). The van der Waals surface area contributed by atoms with Crippen molar-refractivity contribution in [3.63, 3.8) is 0 Å². The molecule has 2 unspecified atom stereocenters. The zero-order chi connectivity index (χ0) is 48.5. The Kier molecular flexibility index (Phi) is 8.62. The smallest absolute Gasteiger partial charge is 0.0729 e. The van der Waals surface area contributed by atoms with Crippen molar-refractivity contribution in [1.82, 2.24) is 0 Å². The van der Waals surface area contributed by atoms with Crippen LogP contribution in [0.3, 0.4) is 0 Å². The van der Waals surface area contributed by atoms with Gasteiger partial charge < -0.3 is 9.80 Å². The van der Waals surface area contributed by atoms with Gasteiger partial charge in [-0.25, -0.2) is 0 Å². The van der Waals surface area contributed by atoms with Crippen LogP contribution in [0.15, 0.2) is 279 Å². The molecule has 12 aromatic carbocycles. The van der Waals surface area contributed by atoms with Gasteiger partial charge in [-0.3, -0.25) is 0 Å². The lowest BCUT2D eigenvalue weighted by atomic mass is 9.66. The van der Waals surface area contributed by atoms with Gasteiger partial charge in [0.2, 0.25) is 0 Å². The third-order valence-electron chi connectivity index (χ3n) is 16.8. The summed E-state index contributed by atoms with van der Waals surface area (Å²) in [5.41, 5.74) is 23.8. The largest absolute Gasteiger partial charge is 0.310 e. The van der Waals surface area contributed by atoms with Crippen molar-refractivity contribution in [2.24, 2.45) is 0 Å². The first-order chi connectivity index (χ1) is 36.7. The summed E-state index contributed by atoms with van der Waals surface area (Å²) < 4.78 is 0. The molecule has 0 bridgehead atoms. The minimum atomic E-state index is -0.692. The normalized spacial score (nSPS) is 17.0. The summed E-state index contributed by atoms with van der Waals surface area (Å²) in [6, 6.07) is 105. The lowest BCUT2D eigenvalue weighted by Crippen LogP contribution is -2.29. The molecule has 4 aliphatic carbocycles. The quantitative estimate of drug-likeness (QED) is 0.164. The lowest BCUT2D eigenvalue weighted by molar-refractivity contribution is 0.826. The van der Waals surface area contributed by atoms with Crippen LogP contribution in [0.5, 0.6) is 0 Å². The third-order valence-corrected chi connectivity index (χ3v) is 16.8. The van der Waals surface area contributed by atoms with Crippen LogP contribution in [0.4, 0.5) is 34.1 Å². The minimum absolute atomic E-state index is 0.692. The van der Waals surface area contributed by atoms with Crippen LogP contribution in [-0.2, 0) is 10.8 Å². The van der Waals surface area contributed by atoms with Crippen LogP contribution < -0.4 is 9.80 Å². The summed E-state index contributed by atoms with van der Waals surface area (Å²) in [7, 11) is 0. The number of hydrogen-bond donors (Lipinski definition) is 0. The summed E-state index contributed by atoms with van der Waals surface area (Å²) >= 11 is 0. The molecule has 2 heteroatoms. The zero-order valence-corrected chi connectivity index (χ0v) is 40.5. The molecule has 12 aromatic rings. The molecule has 2 spiro atoms. The Balaban J connectivity index is 1.08. The highest BCUT2D eigenvalue weighted by atomic mass is 15.1. The van der Waals surface area contributed by atoms with Crippen molar-refractivity contribution < 1.29 is 0 Å². The van der Waals surface area contributed by atoms with Gasteiger partial charge in [0.05, 0.1) is 10.8 Å². The molecule has 0 N–H and O–H groups in total. The molecule has 344 valence electrons. The van der Waals surface area contributed by atoms with E-state index in [1.165, 1.54) is 99.5 Å². The highest BCUT2D eigenvalue weighted by Crippen LogP contribution is 2.75. The summed E-state index contributed by atoms with van der Waals surface area (Å²) in [6.45, 7) is 0. The predicted molar refractivity (Wildman–Crippen MR) is 308 cm³/mol. The fourth-order valence-electron chi connectivity index (χ4n) is 14.1. The zero-order valence-electron chi connectivity index (χ0n) is 40.5. The topological polar surface area (TPSA) is 6.48 Å². The average molecular weight is 939 g/mol. The van der Waals surface area contributed by atoms with Crippen LogP contribution in [-0.4, -0.2) is 0 Å². The van der Waals surface area contributed by atoms with E-state index in [9.17, 15) is 0 Å². The maximum Gasteiger partial charge on any atom is 0.0729 e. The molecule has 74 heavy (non-hydrogen) atoms. The van der Waals surface area contributed by atoms with Gasteiger partial charge in [-0.1, -0.05) is 206 Å². The van der Waals surface area contributed by atoms with Gasteiger partial charge in [0.25, 0.3) is 0 Å². The highest BCUT2D eigenvalue weighted by Gasteiger charge is 2.64. The van der Waals surface area contributed by atoms with Crippen molar-refractivity contribution in [1.29, 1.82) is 0 Å². The second-order valence-electron chi connectivity index (χ2n) is 20.2. The standard InChI is InChI=1S/C72H46N2/c1-5-23-49(24-6-1)73(50-25-7-2-8-26-50)53-39-41-59-65(45-53)71(61-35-19-17-33-57(61)67-55-31-15-13-21-47(55)37-43-63(67)71)70-60-42-40-54(74(51-27-9-3-10-28-51)52-29-11-4-12-30-52)46-66(60)72(69(59)70)62-36-20-18-34-58(62)68-56-32-16-14-22-48(56)38-44-64(68)72/h1-46H. The summed E-state index contributed by atoms with van der Waals surface area (Å²) in [4.78, 5) is 4.87. The Morgan fingerprint density at radius 1 is 0.216 bits per heavy atom. The van der Waals surface area contributed by atoms with Crippen molar-refractivity contribution in [3.8, 4) is 22.3 Å². The van der Waals surface area contributed by atoms with Crippen LogP contribution in [0.1, 0.15) is 44.5 Å². The first-order valence-corrected chi connectivity index (χ1v) is 25.8. The van der Waals surface area contributed by atoms with E-state index in [2.05, 4.69) is 289 Å². The Bertz CT molecular complexity index is 3950. The van der Waals surface area contributed by atoms with Crippen molar-refractivity contribution in [2.45, 2.75) is 10.8 Å². The lowest BCUT2D eigenvalue weighted by Gasteiger charge is -2.36. The average Bonchev–Trinajstić information content (AvgIpc) is 4.18. The number of nitrogens with zero attached hydrogens (tertiary/aromatic N) is 2. The molecule has 0 fully saturated rings. The molecule has 0 aromatic heterocycles. The monoisotopic (exact) mass is 938 g/mol. The van der Waals surface area contributed by atoms with E-state index in [1.54, 1.807) is 0 Å². The maximum atomic E-state index is 2.56. The van der Waals surface area contributed by atoms with Gasteiger partial charge in [0.15, 0.2) is 0 Å². The minimum Gasteiger partial charge on any atom is -0.310 e. The molecular formula is C72H46N2. The Hall–Kier alpha value is -9.50. The third kappa shape index (κ3) is 5.33. The molecular weight excluding hydrogens is 893 g/mol. The van der Waals surface area contributed by atoms with E-state index in [0.29, 0.717) is 0 Å². The van der Waals surface area contributed by atoms with Crippen LogP contribution in [0.2, 0.25) is 0 Å². The molecule has 0 aliphatic heterocycles. The molecule has 2 atom stereocenters. The number of anilines is 6. The van der Waals surface area contributed by atoms with Crippen LogP contribution in [0, 0.1) is 0 Å². The fourth-order valence-corrected chi connectivity index (χ4v) is 14.1. The Morgan fingerprint density at radius 3 is 0.946 bits per heavy atom. The molecule has 0 amide bonds. The first-order valence-electron chi connectivity index (χ1n) is 25.8. The van der Waals surface area contributed by atoms with E-state index < -0.39 is 10.8 Å². The molecule has 4 aliphatic rings. The number of fused-ring (bicyclic) bond motifs is 22. The molecule has 2 nitrogen and oxygen atoms in total. The van der Waals surface area contributed by atoms with Crippen LogP contribution in [0.25, 0.3) is 54.9 Å². The Labute approximate surface area is 431 Å². The summed E-state index contributed by atoms with van der Waals surface area (Å²) in [5.74, 6) is 0. The van der Waals surface area contributed by atoms with E-state index in [4.69, 9.17) is 0 Å². The van der Waals surface area contributed by atoms with Gasteiger partial charge >= 0.3 is 0 Å². The molecule has 0 radical (unpaired) electrons. The molecule has 0 heterocycles. The van der Waals surface area contributed by atoms with E-state index in [0.717, 1.165) is 34.1 Å². The van der Waals surface area contributed by atoms with Gasteiger partial charge in [-0.2, -0.15) is 0 Å². The van der Waals surface area contributed by atoms with Crippen molar-refractivity contribution >= 4 is 66.8 Å². The van der Waals surface area contributed by atoms with Gasteiger partial charge in [0, 0.05) is 34.1 Å². The molecule has 0 saturated heterocycles. The summed E-state index contributed by atoms with van der Waals surface area (Å²) in [6.07, 6.45) is 0. The van der Waals surface area contributed by atoms with E-state index in [-0.39, 0.29) is 0 Å². The second kappa shape index (κ2) is 15.5. The van der Waals surface area contributed by atoms with E-state index in [1.807, 2.05) is 0 Å². The second-order valence-corrected chi connectivity index (χ2v) is 20.2. The Morgan fingerprint density at radius 2 is 0.554 bits per heavy atom. The number of rotatable bonds is 6. The predicted octanol–water partition coefficient (Wildman–Crippen LogP) is 18.5.